The van der Waals surface area contributed by atoms with Crippen LogP contribution in [-0.4, -0.2) is 5.11 Å². The number of rotatable bonds is 1. The van der Waals surface area contributed by atoms with E-state index in [4.69, 9.17) is 23.2 Å². The lowest BCUT2D eigenvalue weighted by atomic mass is 10.2. The van der Waals surface area contributed by atoms with E-state index in [1.165, 1.54) is 6.08 Å². The van der Waals surface area contributed by atoms with Crippen LogP contribution in [0.3, 0.4) is 0 Å². The van der Waals surface area contributed by atoms with E-state index in [1.807, 2.05) is 0 Å². The Hall–Kier alpha value is -0.180. The molecule has 0 aromatic heterocycles. The number of hydrogen-bond acceptors (Lipinski definition) is 1. The van der Waals surface area contributed by atoms with Gasteiger partial charge in [-0.25, -0.2) is 0 Å². The SMILES string of the molecule is Oc1cc(Br)ccc1C=C(Cl)Cl. The van der Waals surface area contributed by atoms with E-state index in [9.17, 15) is 5.11 Å². The molecule has 0 saturated heterocycles. The summed E-state index contributed by atoms with van der Waals surface area (Å²) in [6.45, 7) is 0. The first-order valence-electron chi connectivity index (χ1n) is 3.11. The van der Waals surface area contributed by atoms with Crippen LogP contribution < -0.4 is 0 Å². The van der Waals surface area contributed by atoms with Crippen LogP contribution in [0.25, 0.3) is 6.08 Å². The van der Waals surface area contributed by atoms with Crippen LogP contribution in [0.2, 0.25) is 0 Å². The van der Waals surface area contributed by atoms with Gasteiger partial charge in [-0.1, -0.05) is 45.2 Å². The van der Waals surface area contributed by atoms with E-state index < -0.39 is 0 Å². The number of hydrogen-bond donors (Lipinski definition) is 1. The molecule has 1 rings (SSSR count). The highest BCUT2D eigenvalue weighted by molar-refractivity contribution is 9.10. The third-order valence-corrected chi connectivity index (χ3v) is 1.97. The van der Waals surface area contributed by atoms with E-state index in [1.54, 1.807) is 18.2 Å². The second-order valence-electron chi connectivity index (χ2n) is 2.14. The molecular formula is C8H5BrCl2O. The maximum atomic E-state index is 9.35. The fourth-order valence-electron chi connectivity index (χ4n) is 0.756. The van der Waals surface area contributed by atoms with Crippen LogP contribution in [-0.2, 0) is 0 Å². The quantitative estimate of drug-likeness (QED) is 0.818. The van der Waals surface area contributed by atoms with Gasteiger partial charge in [-0.15, -0.1) is 0 Å². The predicted octanol–water partition coefficient (Wildman–Crippen LogP) is 3.93. The molecule has 0 aliphatic rings. The summed E-state index contributed by atoms with van der Waals surface area (Å²) >= 11 is 14.1. The molecule has 64 valence electrons. The van der Waals surface area contributed by atoms with Crippen molar-refractivity contribution in [3.63, 3.8) is 0 Å². The summed E-state index contributed by atoms with van der Waals surface area (Å²) in [5.41, 5.74) is 0.596. The van der Waals surface area contributed by atoms with Gasteiger partial charge in [0.25, 0.3) is 0 Å². The lowest BCUT2D eigenvalue weighted by Gasteiger charge is -1.98. The molecule has 1 aromatic carbocycles. The molecule has 1 nitrogen and oxygen atoms in total. The minimum Gasteiger partial charge on any atom is -0.507 e. The van der Waals surface area contributed by atoms with E-state index in [-0.39, 0.29) is 10.2 Å². The second-order valence-corrected chi connectivity index (χ2v) is 4.06. The minimum atomic E-state index is 0.118. The van der Waals surface area contributed by atoms with Crippen LogP contribution in [0.1, 0.15) is 5.56 Å². The van der Waals surface area contributed by atoms with Gasteiger partial charge in [-0.05, 0) is 18.2 Å². The number of phenols is 1. The van der Waals surface area contributed by atoms with Gasteiger partial charge in [-0.2, -0.15) is 0 Å². The Morgan fingerprint density at radius 1 is 1.42 bits per heavy atom. The maximum absolute atomic E-state index is 9.35. The van der Waals surface area contributed by atoms with Gasteiger partial charge in [0.2, 0.25) is 0 Å². The van der Waals surface area contributed by atoms with Crippen molar-refractivity contribution in [2.45, 2.75) is 0 Å². The highest BCUT2D eigenvalue weighted by Gasteiger charge is 1.98. The summed E-state index contributed by atoms with van der Waals surface area (Å²) in [7, 11) is 0. The molecule has 0 spiro atoms. The standard InChI is InChI=1S/C8H5BrCl2O/c9-6-2-1-5(3-8(10)11)7(12)4-6/h1-4,12H. The average molecular weight is 268 g/mol. The third kappa shape index (κ3) is 2.70. The van der Waals surface area contributed by atoms with Crippen LogP contribution in [0.4, 0.5) is 0 Å². The molecule has 0 saturated carbocycles. The molecule has 0 radical (unpaired) electrons. The van der Waals surface area contributed by atoms with Gasteiger partial charge in [0.05, 0.1) is 0 Å². The van der Waals surface area contributed by atoms with Gasteiger partial charge >= 0.3 is 0 Å². The second kappa shape index (κ2) is 4.17. The van der Waals surface area contributed by atoms with Gasteiger partial charge in [-0.3, -0.25) is 0 Å². The predicted molar refractivity (Wildman–Crippen MR) is 55.5 cm³/mol. The van der Waals surface area contributed by atoms with Crippen LogP contribution in [0, 0.1) is 0 Å². The Balaban J connectivity index is 3.10. The van der Waals surface area contributed by atoms with Crippen LogP contribution in [0.5, 0.6) is 5.75 Å². The molecule has 0 aliphatic carbocycles. The van der Waals surface area contributed by atoms with Crippen molar-refractivity contribution >= 4 is 45.2 Å². The molecule has 0 atom stereocenters. The van der Waals surface area contributed by atoms with Gasteiger partial charge in [0.15, 0.2) is 0 Å². The Morgan fingerprint density at radius 3 is 2.58 bits per heavy atom. The summed E-state index contributed by atoms with van der Waals surface area (Å²) in [6.07, 6.45) is 1.48. The summed E-state index contributed by atoms with van der Waals surface area (Å²) in [4.78, 5) is 0. The van der Waals surface area contributed by atoms with Gasteiger partial charge in [0.1, 0.15) is 10.2 Å². The summed E-state index contributed by atoms with van der Waals surface area (Å²) in [5.74, 6) is 0.142. The fourth-order valence-corrected chi connectivity index (χ4v) is 1.34. The Morgan fingerprint density at radius 2 is 2.08 bits per heavy atom. The van der Waals surface area contributed by atoms with Crippen molar-refractivity contribution in [3.05, 3.63) is 32.7 Å². The molecule has 1 aromatic rings. The summed E-state index contributed by atoms with van der Waals surface area (Å²) < 4.78 is 0.926. The smallest absolute Gasteiger partial charge is 0.124 e. The van der Waals surface area contributed by atoms with Gasteiger partial charge in [0, 0.05) is 10.0 Å². The highest BCUT2D eigenvalue weighted by Crippen LogP contribution is 2.25. The molecule has 0 aliphatic heterocycles. The molecule has 12 heavy (non-hydrogen) atoms. The molecule has 1 N–H and O–H groups in total. The van der Waals surface area contributed by atoms with E-state index in [0.717, 1.165) is 4.47 Å². The molecule has 0 heterocycles. The molecule has 0 bridgehead atoms. The Kier molecular flexibility index (Phi) is 3.44. The number of halogens is 3. The van der Waals surface area contributed by atoms with Gasteiger partial charge < -0.3 is 5.11 Å². The Bertz CT molecular complexity index is 319. The van der Waals surface area contributed by atoms with Crippen molar-refractivity contribution in [2.24, 2.45) is 0 Å². The first kappa shape index (κ1) is 9.90. The Labute approximate surface area is 88.7 Å². The number of benzene rings is 1. The maximum Gasteiger partial charge on any atom is 0.124 e. The highest BCUT2D eigenvalue weighted by atomic mass is 79.9. The zero-order valence-corrected chi connectivity index (χ0v) is 8.99. The lowest BCUT2D eigenvalue weighted by molar-refractivity contribution is 0.473. The summed E-state index contributed by atoms with van der Waals surface area (Å²) in [6, 6.07) is 5.08. The zero-order valence-electron chi connectivity index (χ0n) is 5.89. The number of phenolic OH excluding ortho intramolecular Hbond substituents is 1. The molecule has 4 heteroatoms. The zero-order chi connectivity index (χ0) is 9.14. The van der Waals surface area contributed by atoms with Crippen LogP contribution >= 0.6 is 39.1 Å². The van der Waals surface area contributed by atoms with Crippen molar-refractivity contribution in [1.82, 2.24) is 0 Å². The third-order valence-electron chi connectivity index (χ3n) is 1.26. The normalized spacial score (nSPS) is 9.58. The summed E-state index contributed by atoms with van der Waals surface area (Å²) in [5, 5.41) is 9.35. The molecule has 0 amide bonds. The van der Waals surface area contributed by atoms with Crippen molar-refractivity contribution in [2.75, 3.05) is 0 Å². The van der Waals surface area contributed by atoms with E-state index >= 15 is 0 Å². The lowest BCUT2D eigenvalue weighted by Crippen LogP contribution is -1.74. The fraction of sp³-hybridized carbons (Fsp3) is 0. The number of aromatic hydroxyl groups is 1. The average Bonchev–Trinajstić information content (AvgIpc) is 1.94. The topological polar surface area (TPSA) is 20.2 Å². The largest absolute Gasteiger partial charge is 0.507 e. The minimum absolute atomic E-state index is 0.118. The van der Waals surface area contributed by atoms with Crippen molar-refractivity contribution < 1.29 is 5.11 Å². The molecule has 0 fully saturated rings. The van der Waals surface area contributed by atoms with Crippen molar-refractivity contribution in [3.8, 4) is 5.75 Å². The molecular weight excluding hydrogens is 263 g/mol. The first-order valence-corrected chi connectivity index (χ1v) is 4.65. The van der Waals surface area contributed by atoms with E-state index in [2.05, 4.69) is 15.9 Å². The first-order chi connectivity index (χ1) is 5.59. The molecule has 0 unspecified atom stereocenters. The van der Waals surface area contributed by atoms with Crippen molar-refractivity contribution in [1.29, 1.82) is 0 Å². The monoisotopic (exact) mass is 266 g/mol. The van der Waals surface area contributed by atoms with Crippen LogP contribution in [0.15, 0.2) is 27.2 Å². The van der Waals surface area contributed by atoms with E-state index in [0.29, 0.717) is 5.56 Å².